The Morgan fingerprint density at radius 1 is 0.947 bits per heavy atom. The van der Waals surface area contributed by atoms with Gasteiger partial charge in [0.15, 0.2) is 0 Å². The van der Waals surface area contributed by atoms with Crippen LogP contribution < -0.4 is 10.1 Å². The second-order valence-electron chi connectivity index (χ2n) is 9.68. The SMILES string of the molecule is COc1ccc(CSCC(=O)N(Cc2ccc(Cl)cc2)[C@H](Cc2ccccc2)C(=O)NC2CCCC2)cc1. The molecule has 0 aromatic heterocycles. The Bertz CT molecular complexity index is 1170. The number of carbonyl (C=O) groups excluding carboxylic acids is 2. The molecule has 1 aliphatic rings. The standard InChI is InChI=1S/C31H35ClN2O3S/c1-37-28-17-13-25(14-18-28)21-38-22-30(35)34(20-24-11-15-26(32)16-12-24)29(19-23-7-3-2-4-8-23)31(36)33-27-9-5-6-10-27/h2-4,7-8,11-18,27,29H,5-6,9-10,19-22H2,1H3,(H,33,36)/t29-/m1/s1. The van der Waals surface area contributed by atoms with Gasteiger partial charge in [0.25, 0.3) is 0 Å². The van der Waals surface area contributed by atoms with Gasteiger partial charge in [0.1, 0.15) is 11.8 Å². The number of amides is 2. The quantitative estimate of drug-likeness (QED) is 0.288. The lowest BCUT2D eigenvalue weighted by Gasteiger charge is -2.32. The molecule has 0 unspecified atom stereocenters. The minimum Gasteiger partial charge on any atom is -0.497 e. The molecule has 3 aromatic rings. The molecule has 1 saturated carbocycles. The van der Waals surface area contributed by atoms with Crippen LogP contribution in [0.5, 0.6) is 5.75 Å². The number of carbonyl (C=O) groups is 2. The smallest absolute Gasteiger partial charge is 0.243 e. The topological polar surface area (TPSA) is 58.6 Å². The molecule has 3 aromatic carbocycles. The number of benzene rings is 3. The Hall–Kier alpha value is -2.96. The predicted octanol–water partition coefficient (Wildman–Crippen LogP) is 6.28. The first-order valence-corrected chi connectivity index (χ1v) is 14.6. The number of ether oxygens (including phenoxy) is 1. The van der Waals surface area contributed by atoms with Gasteiger partial charge < -0.3 is 15.0 Å². The molecule has 1 aliphatic carbocycles. The number of methoxy groups -OCH3 is 1. The Kier molecular flexibility index (Phi) is 10.5. The van der Waals surface area contributed by atoms with Gasteiger partial charge in [-0.15, -0.1) is 11.8 Å². The number of rotatable bonds is 12. The molecule has 0 bridgehead atoms. The average Bonchev–Trinajstić information content (AvgIpc) is 3.45. The molecule has 1 atom stereocenters. The zero-order chi connectivity index (χ0) is 26.7. The van der Waals surface area contributed by atoms with Gasteiger partial charge in [0, 0.05) is 29.8 Å². The van der Waals surface area contributed by atoms with Gasteiger partial charge in [-0.1, -0.05) is 79.0 Å². The zero-order valence-electron chi connectivity index (χ0n) is 21.8. The Labute approximate surface area is 234 Å². The fourth-order valence-corrected chi connectivity index (χ4v) is 5.77. The van der Waals surface area contributed by atoms with Gasteiger partial charge in [-0.2, -0.15) is 0 Å². The highest BCUT2D eigenvalue weighted by Crippen LogP contribution is 2.22. The van der Waals surface area contributed by atoms with E-state index in [1.165, 1.54) is 0 Å². The van der Waals surface area contributed by atoms with Crippen LogP contribution in [0.15, 0.2) is 78.9 Å². The summed E-state index contributed by atoms with van der Waals surface area (Å²) in [5, 5.41) is 3.89. The predicted molar refractivity (Wildman–Crippen MR) is 155 cm³/mol. The van der Waals surface area contributed by atoms with Crippen LogP contribution >= 0.6 is 23.4 Å². The molecule has 7 heteroatoms. The molecule has 0 heterocycles. The van der Waals surface area contributed by atoms with Crippen LogP contribution in [0.1, 0.15) is 42.4 Å². The lowest BCUT2D eigenvalue weighted by Crippen LogP contribution is -2.52. The summed E-state index contributed by atoms with van der Waals surface area (Å²) in [6, 6.07) is 24.8. The van der Waals surface area contributed by atoms with Crippen molar-refractivity contribution >= 4 is 35.2 Å². The van der Waals surface area contributed by atoms with Crippen molar-refractivity contribution in [3.63, 3.8) is 0 Å². The zero-order valence-corrected chi connectivity index (χ0v) is 23.3. The Morgan fingerprint density at radius 3 is 2.26 bits per heavy atom. The van der Waals surface area contributed by atoms with E-state index in [2.05, 4.69) is 5.32 Å². The third-order valence-electron chi connectivity index (χ3n) is 6.89. The second-order valence-corrected chi connectivity index (χ2v) is 11.1. The van der Waals surface area contributed by atoms with E-state index in [-0.39, 0.29) is 23.6 Å². The minimum atomic E-state index is -0.609. The van der Waals surface area contributed by atoms with Gasteiger partial charge in [-0.05, 0) is 53.8 Å². The highest BCUT2D eigenvalue weighted by Gasteiger charge is 2.32. The Morgan fingerprint density at radius 2 is 1.61 bits per heavy atom. The molecule has 0 saturated heterocycles. The second kappa shape index (κ2) is 14.3. The maximum atomic E-state index is 13.8. The molecule has 1 N–H and O–H groups in total. The summed E-state index contributed by atoms with van der Waals surface area (Å²) in [5.41, 5.74) is 3.08. The molecule has 1 fully saturated rings. The number of hydrogen-bond donors (Lipinski definition) is 1. The number of hydrogen-bond acceptors (Lipinski definition) is 4. The van der Waals surface area contributed by atoms with Crippen molar-refractivity contribution in [3.05, 3.63) is 101 Å². The largest absolute Gasteiger partial charge is 0.497 e. The summed E-state index contributed by atoms with van der Waals surface area (Å²) in [6.45, 7) is 0.342. The monoisotopic (exact) mass is 550 g/mol. The average molecular weight is 551 g/mol. The molecule has 0 aliphatic heterocycles. The van der Waals surface area contributed by atoms with Crippen molar-refractivity contribution in [1.29, 1.82) is 0 Å². The minimum absolute atomic E-state index is 0.0547. The normalized spacial score (nSPS) is 14.2. The maximum absolute atomic E-state index is 13.8. The van der Waals surface area contributed by atoms with Gasteiger partial charge in [0.05, 0.1) is 12.9 Å². The summed E-state index contributed by atoms with van der Waals surface area (Å²) in [7, 11) is 1.65. The highest BCUT2D eigenvalue weighted by atomic mass is 35.5. The molecule has 200 valence electrons. The molecule has 5 nitrogen and oxygen atoms in total. The van der Waals surface area contributed by atoms with Crippen LogP contribution in [-0.4, -0.2) is 41.7 Å². The van der Waals surface area contributed by atoms with Crippen molar-refractivity contribution < 1.29 is 14.3 Å². The van der Waals surface area contributed by atoms with Crippen LogP contribution in [-0.2, 0) is 28.3 Å². The van der Waals surface area contributed by atoms with Crippen LogP contribution in [0.4, 0.5) is 0 Å². The first-order chi connectivity index (χ1) is 18.5. The molecular formula is C31H35ClN2O3S. The van der Waals surface area contributed by atoms with Crippen molar-refractivity contribution in [2.24, 2.45) is 0 Å². The van der Waals surface area contributed by atoms with E-state index in [9.17, 15) is 9.59 Å². The van der Waals surface area contributed by atoms with Gasteiger partial charge >= 0.3 is 0 Å². The van der Waals surface area contributed by atoms with E-state index >= 15 is 0 Å². The van der Waals surface area contributed by atoms with E-state index in [4.69, 9.17) is 16.3 Å². The van der Waals surface area contributed by atoms with Crippen molar-refractivity contribution in [3.8, 4) is 5.75 Å². The Balaban J connectivity index is 1.54. The van der Waals surface area contributed by atoms with E-state index < -0.39 is 6.04 Å². The summed E-state index contributed by atoms with van der Waals surface area (Å²) in [5.74, 6) is 1.65. The summed E-state index contributed by atoms with van der Waals surface area (Å²) in [4.78, 5) is 29.2. The third-order valence-corrected chi connectivity index (χ3v) is 8.13. The summed E-state index contributed by atoms with van der Waals surface area (Å²) >= 11 is 7.67. The van der Waals surface area contributed by atoms with E-state index in [0.717, 1.165) is 48.1 Å². The van der Waals surface area contributed by atoms with Crippen molar-refractivity contribution in [2.45, 2.75) is 56.5 Å². The molecule has 0 radical (unpaired) electrons. The summed E-state index contributed by atoms with van der Waals surface area (Å²) < 4.78 is 5.24. The fourth-order valence-electron chi connectivity index (χ4n) is 4.77. The van der Waals surface area contributed by atoms with Gasteiger partial charge in [0.2, 0.25) is 11.8 Å². The van der Waals surface area contributed by atoms with Crippen LogP contribution in [0.25, 0.3) is 0 Å². The molecule has 4 rings (SSSR count). The molecule has 2 amide bonds. The van der Waals surface area contributed by atoms with E-state index in [0.29, 0.717) is 23.7 Å². The van der Waals surface area contributed by atoms with Gasteiger partial charge in [-0.3, -0.25) is 9.59 Å². The fraction of sp³-hybridized carbons (Fsp3) is 0.355. The first-order valence-electron chi connectivity index (χ1n) is 13.1. The van der Waals surface area contributed by atoms with Crippen LogP contribution in [0.3, 0.4) is 0 Å². The van der Waals surface area contributed by atoms with Crippen molar-refractivity contribution in [1.82, 2.24) is 10.2 Å². The van der Waals surface area contributed by atoms with E-state index in [1.54, 1.807) is 23.8 Å². The summed E-state index contributed by atoms with van der Waals surface area (Å²) in [6.07, 6.45) is 4.70. The van der Waals surface area contributed by atoms with Gasteiger partial charge in [-0.25, -0.2) is 0 Å². The number of nitrogens with one attached hydrogen (secondary N) is 1. The highest BCUT2D eigenvalue weighted by molar-refractivity contribution is 7.99. The number of thioether (sulfide) groups is 1. The van der Waals surface area contributed by atoms with E-state index in [1.807, 2.05) is 78.9 Å². The van der Waals surface area contributed by atoms with Crippen molar-refractivity contribution in [2.75, 3.05) is 12.9 Å². The maximum Gasteiger partial charge on any atom is 0.243 e. The lowest BCUT2D eigenvalue weighted by atomic mass is 10.0. The lowest BCUT2D eigenvalue weighted by molar-refractivity contribution is -0.139. The molecular weight excluding hydrogens is 516 g/mol. The molecule has 0 spiro atoms. The van der Waals surface area contributed by atoms with Crippen LogP contribution in [0.2, 0.25) is 5.02 Å². The van der Waals surface area contributed by atoms with Crippen LogP contribution in [0, 0.1) is 0 Å². The first kappa shape index (κ1) is 28.1. The number of nitrogens with zero attached hydrogens (tertiary/aromatic N) is 1. The third kappa shape index (κ3) is 8.27. The number of halogens is 1. The molecule has 38 heavy (non-hydrogen) atoms.